The SMILES string of the molecule is O=[N+]([O-])OCCCOCCCO[N+](=O)[O-]. The molecule has 0 aliphatic heterocycles. The Morgan fingerprint density at radius 3 is 1.53 bits per heavy atom. The Kier molecular flexibility index (Phi) is 7.96. The molecular formula is C6H12N2O7. The highest BCUT2D eigenvalue weighted by Gasteiger charge is 1.96. The van der Waals surface area contributed by atoms with E-state index in [1.165, 1.54) is 0 Å². The van der Waals surface area contributed by atoms with Crippen LogP contribution in [0.3, 0.4) is 0 Å². The van der Waals surface area contributed by atoms with E-state index in [1.807, 2.05) is 0 Å². The van der Waals surface area contributed by atoms with Crippen LogP contribution in [-0.2, 0) is 14.4 Å². The van der Waals surface area contributed by atoms with Crippen LogP contribution < -0.4 is 0 Å². The maximum Gasteiger partial charge on any atom is 0.294 e. The minimum Gasteiger partial charge on any atom is -0.381 e. The highest BCUT2D eigenvalue weighted by molar-refractivity contribution is 4.35. The van der Waals surface area contributed by atoms with Crippen molar-refractivity contribution >= 4 is 0 Å². The predicted octanol–water partition coefficient (Wildman–Crippen LogP) is 0.200. The van der Waals surface area contributed by atoms with Crippen molar-refractivity contribution < 1.29 is 24.6 Å². The fraction of sp³-hybridized carbons (Fsp3) is 1.00. The van der Waals surface area contributed by atoms with Crippen molar-refractivity contribution in [2.45, 2.75) is 12.8 Å². The second kappa shape index (κ2) is 8.94. The standard InChI is InChI=1S/C6H12N2O7/c9-7(10)14-5-1-3-13-4-2-6-15-8(11)12/h1-6H2. The molecule has 88 valence electrons. The summed E-state index contributed by atoms with van der Waals surface area (Å²) in [7, 11) is 0. The van der Waals surface area contributed by atoms with Crippen molar-refractivity contribution in [1.82, 2.24) is 0 Å². The zero-order valence-corrected chi connectivity index (χ0v) is 7.99. The van der Waals surface area contributed by atoms with E-state index < -0.39 is 10.2 Å². The van der Waals surface area contributed by atoms with Crippen LogP contribution in [0.2, 0.25) is 0 Å². The molecule has 0 fully saturated rings. The normalized spacial score (nSPS) is 9.60. The van der Waals surface area contributed by atoms with Crippen molar-refractivity contribution in [2.24, 2.45) is 0 Å². The summed E-state index contributed by atoms with van der Waals surface area (Å²) >= 11 is 0. The molecule has 0 aromatic rings. The summed E-state index contributed by atoms with van der Waals surface area (Å²) in [6, 6.07) is 0. The first-order valence-corrected chi connectivity index (χ1v) is 4.25. The Morgan fingerprint density at radius 2 is 1.20 bits per heavy atom. The predicted molar refractivity (Wildman–Crippen MR) is 45.9 cm³/mol. The van der Waals surface area contributed by atoms with E-state index in [0.717, 1.165) is 0 Å². The Bertz CT molecular complexity index is 178. The monoisotopic (exact) mass is 224 g/mol. The minimum absolute atomic E-state index is 0.0155. The fourth-order valence-corrected chi connectivity index (χ4v) is 0.702. The minimum atomic E-state index is -0.870. The first kappa shape index (κ1) is 13.4. The summed E-state index contributed by atoms with van der Waals surface area (Å²) in [4.78, 5) is 27.5. The summed E-state index contributed by atoms with van der Waals surface area (Å²) in [5.41, 5.74) is 0. The number of hydrogen-bond donors (Lipinski definition) is 0. The molecule has 0 atom stereocenters. The smallest absolute Gasteiger partial charge is 0.294 e. The van der Waals surface area contributed by atoms with Gasteiger partial charge >= 0.3 is 0 Å². The van der Waals surface area contributed by atoms with Gasteiger partial charge in [-0.25, -0.2) is 0 Å². The quantitative estimate of drug-likeness (QED) is 0.295. The number of nitrogens with zero attached hydrogens (tertiary/aromatic N) is 2. The van der Waals surface area contributed by atoms with Gasteiger partial charge in [0.15, 0.2) is 0 Å². The molecule has 0 rings (SSSR count). The summed E-state index contributed by atoms with van der Waals surface area (Å²) in [6.45, 7) is 0.593. The van der Waals surface area contributed by atoms with E-state index >= 15 is 0 Å². The molecule has 0 aliphatic rings. The van der Waals surface area contributed by atoms with Crippen LogP contribution in [0.25, 0.3) is 0 Å². The van der Waals surface area contributed by atoms with E-state index in [1.54, 1.807) is 0 Å². The maximum absolute atomic E-state index is 9.70. The Morgan fingerprint density at radius 1 is 0.800 bits per heavy atom. The van der Waals surface area contributed by atoms with Crippen molar-refractivity contribution in [3.05, 3.63) is 20.2 Å². The first-order chi connectivity index (χ1) is 7.13. The second-order valence-electron chi connectivity index (χ2n) is 2.43. The third-order valence-corrected chi connectivity index (χ3v) is 1.26. The van der Waals surface area contributed by atoms with Gasteiger partial charge in [0.05, 0.1) is 13.2 Å². The highest BCUT2D eigenvalue weighted by Crippen LogP contribution is 1.89. The third-order valence-electron chi connectivity index (χ3n) is 1.26. The molecule has 15 heavy (non-hydrogen) atoms. The lowest BCUT2D eigenvalue weighted by Gasteiger charge is -2.02. The van der Waals surface area contributed by atoms with E-state index in [-0.39, 0.29) is 13.2 Å². The molecule has 0 saturated heterocycles. The van der Waals surface area contributed by atoms with Gasteiger partial charge in [0.25, 0.3) is 10.2 Å². The largest absolute Gasteiger partial charge is 0.381 e. The molecule has 0 aromatic heterocycles. The molecule has 0 saturated carbocycles. The van der Waals surface area contributed by atoms with Gasteiger partial charge in [0.1, 0.15) is 0 Å². The lowest BCUT2D eigenvalue weighted by molar-refractivity contribution is -0.758. The van der Waals surface area contributed by atoms with E-state index in [4.69, 9.17) is 4.74 Å². The molecule has 0 spiro atoms. The fourth-order valence-electron chi connectivity index (χ4n) is 0.702. The van der Waals surface area contributed by atoms with Crippen LogP contribution in [0.4, 0.5) is 0 Å². The van der Waals surface area contributed by atoms with E-state index in [9.17, 15) is 20.2 Å². The van der Waals surface area contributed by atoms with Gasteiger partial charge < -0.3 is 14.4 Å². The Balaban J connectivity index is 2.99. The Hall–Kier alpha value is -1.64. The van der Waals surface area contributed by atoms with Gasteiger partial charge in [-0.05, 0) is 12.8 Å². The highest BCUT2D eigenvalue weighted by atomic mass is 17.0. The molecule has 0 N–H and O–H groups in total. The van der Waals surface area contributed by atoms with Crippen molar-refractivity contribution in [3.8, 4) is 0 Å². The molecule has 0 bridgehead atoms. The van der Waals surface area contributed by atoms with Crippen molar-refractivity contribution in [1.29, 1.82) is 0 Å². The summed E-state index contributed by atoms with van der Waals surface area (Å²) in [6.07, 6.45) is 0.800. The van der Waals surface area contributed by atoms with Gasteiger partial charge in [0.2, 0.25) is 0 Å². The molecular weight excluding hydrogens is 212 g/mol. The van der Waals surface area contributed by atoms with Crippen LogP contribution >= 0.6 is 0 Å². The number of ether oxygens (including phenoxy) is 1. The second-order valence-corrected chi connectivity index (χ2v) is 2.43. The van der Waals surface area contributed by atoms with Crippen LogP contribution in [0.1, 0.15) is 12.8 Å². The lowest BCUT2D eigenvalue weighted by atomic mass is 10.5. The van der Waals surface area contributed by atoms with Crippen LogP contribution in [0.15, 0.2) is 0 Å². The van der Waals surface area contributed by atoms with Gasteiger partial charge in [0, 0.05) is 13.2 Å². The summed E-state index contributed by atoms with van der Waals surface area (Å²) < 4.78 is 4.99. The van der Waals surface area contributed by atoms with Gasteiger partial charge in [-0.3, -0.25) is 0 Å². The van der Waals surface area contributed by atoms with Gasteiger partial charge in [-0.15, -0.1) is 20.2 Å². The Labute approximate surface area is 85.1 Å². The molecule has 0 heterocycles. The zero-order chi connectivity index (χ0) is 11.5. The molecule has 0 amide bonds. The summed E-state index contributed by atoms with van der Waals surface area (Å²) in [5, 5.41) is 17.7. The number of rotatable bonds is 10. The molecule has 0 aliphatic carbocycles. The molecule has 0 radical (unpaired) electrons. The van der Waals surface area contributed by atoms with Crippen molar-refractivity contribution in [3.63, 3.8) is 0 Å². The van der Waals surface area contributed by atoms with E-state index in [2.05, 4.69) is 9.68 Å². The third kappa shape index (κ3) is 12.4. The average Bonchev–Trinajstić information content (AvgIpc) is 2.14. The average molecular weight is 224 g/mol. The van der Waals surface area contributed by atoms with Crippen LogP contribution in [-0.4, -0.2) is 36.6 Å². The van der Waals surface area contributed by atoms with E-state index in [0.29, 0.717) is 26.1 Å². The molecule has 0 aromatic carbocycles. The van der Waals surface area contributed by atoms with Gasteiger partial charge in [-0.1, -0.05) is 0 Å². The zero-order valence-electron chi connectivity index (χ0n) is 7.99. The topological polar surface area (TPSA) is 114 Å². The molecule has 9 heteroatoms. The first-order valence-electron chi connectivity index (χ1n) is 4.25. The maximum atomic E-state index is 9.70. The lowest BCUT2D eigenvalue weighted by Crippen LogP contribution is -2.08. The summed E-state index contributed by atoms with van der Waals surface area (Å²) in [5.74, 6) is 0. The van der Waals surface area contributed by atoms with Crippen LogP contribution in [0, 0.1) is 20.2 Å². The number of hydrogen-bond acceptors (Lipinski definition) is 7. The molecule has 9 nitrogen and oxygen atoms in total. The van der Waals surface area contributed by atoms with Gasteiger partial charge in [-0.2, -0.15) is 0 Å². The molecule has 0 unspecified atom stereocenters. The van der Waals surface area contributed by atoms with Crippen LogP contribution in [0.5, 0.6) is 0 Å². The van der Waals surface area contributed by atoms with Crippen molar-refractivity contribution in [2.75, 3.05) is 26.4 Å².